The maximum Gasteiger partial charge on any atom is 0.131 e. The van der Waals surface area contributed by atoms with Crippen LogP contribution in [-0.2, 0) is 0 Å². The first-order valence-corrected chi connectivity index (χ1v) is 4.74. The third-order valence-corrected chi connectivity index (χ3v) is 2.03. The van der Waals surface area contributed by atoms with Crippen LogP contribution in [0, 0.1) is 6.92 Å². The highest BCUT2D eigenvalue weighted by molar-refractivity contribution is 5.37. The van der Waals surface area contributed by atoms with E-state index in [9.17, 15) is 0 Å². The van der Waals surface area contributed by atoms with Crippen molar-refractivity contribution in [3.8, 4) is 0 Å². The Morgan fingerprint density at radius 2 is 2.15 bits per heavy atom. The minimum atomic E-state index is 1.01. The molecular formula is C10H17N3. The lowest BCUT2D eigenvalue weighted by Crippen LogP contribution is -2.19. The van der Waals surface area contributed by atoms with Crippen LogP contribution in [0.3, 0.4) is 0 Å². The van der Waals surface area contributed by atoms with E-state index in [1.165, 1.54) is 12.8 Å². The molecule has 1 heterocycles. The fourth-order valence-corrected chi connectivity index (χ4v) is 1.16. The van der Waals surface area contributed by atoms with Gasteiger partial charge in [-0.25, -0.2) is 9.97 Å². The summed E-state index contributed by atoms with van der Waals surface area (Å²) in [4.78, 5) is 10.4. The van der Waals surface area contributed by atoms with Gasteiger partial charge in [0.15, 0.2) is 0 Å². The van der Waals surface area contributed by atoms with Gasteiger partial charge in [-0.15, -0.1) is 0 Å². The van der Waals surface area contributed by atoms with Gasteiger partial charge in [-0.05, 0) is 13.3 Å². The molecule has 0 aliphatic carbocycles. The molecule has 0 saturated heterocycles. The Balaban J connectivity index is 2.60. The second-order valence-corrected chi connectivity index (χ2v) is 3.29. The molecule has 0 spiro atoms. The summed E-state index contributed by atoms with van der Waals surface area (Å²) in [6.07, 6.45) is 4.04. The van der Waals surface area contributed by atoms with Gasteiger partial charge in [0, 0.05) is 25.4 Å². The first-order valence-electron chi connectivity index (χ1n) is 4.74. The highest BCUT2D eigenvalue weighted by atomic mass is 15.2. The van der Waals surface area contributed by atoms with Gasteiger partial charge in [0.2, 0.25) is 0 Å². The van der Waals surface area contributed by atoms with Crippen molar-refractivity contribution in [3.05, 3.63) is 18.1 Å². The minimum absolute atomic E-state index is 1.01. The molecule has 0 bridgehead atoms. The Morgan fingerprint density at radius 3 is 2.77 bits per heavy atom. The van der Waals surface area contributed by atoms with Gasteiger partial charge >= 0.3 is 0 Å². The van der Waals surface area contributed by atoms with E-state index in [1.807, 2.05) is 13.0 Å². The van der Waals surface area contributed by atoms with Gasteiger partial charge in [-0.2, -0.15) is 0 Å². The summed E-state index contributed by atoms with van der Waals surface area (Å²) in [6.45, 7) is 5.24. The summed E-state index contributed by atoms with van der Waals surface area (Å²) in [6, 6.07) is 2.01. The summed E-state index contributed by atoms with van der Waals surface area (Å²) in [5.41, 5.74) is 1.02. The zero-order chi connectivity index (χ0) is 9.68. The fraction of sp³-hybridized carbons (Fsp3) is 0.600. The van der Waals surface area contributed by atoms with Gasteiger partial charge in [-0.1, -0.05) is 13.3 Å². The molecule has 1 aromatic heterocycles. The molecule has 0 amide bonds. The fourth-order valence-electron chi connectivity index (χ4n) is 1.16. The Bertz CT molecular complexity index is 260. The van der Waals surface area contributed by atoms with E-state index in [0.29, 0.717) is 0 Å². The lowest BCUT2D eigenvalue weighted by molar-refractivity contribution is 0.757. The average molecular weight is 179 g/mol. The molecule has 0 unspecified atom stereocenters. The Kier molecular flexibility index (Phi) is 3.68. The third-order valence-electron chi connectivity index (χ3n) is 2.03. The molecule has 0 radical (unpaired) electrons. The summed E-state index contributed by atoms with van der Waals surface area (Å²) in [7, 11) is 2.07. The number of nitrogens with zero attached hydrogens (tertiary/aromatic N) is 3. The van der Waals surface area contributed by atoms with E-state index in [1.54, 1.807) is 6.33 Å². The van der Waals surface area contributed by atoms with E-state index in [2.05, 4.69) is 28.8 Å². The molecular weight excluding hydrogens is 162 g/mol. The van der Waals surface area contributed by atoms with Crippen LogP contribution in [0.25, 0.3) is 0 Å². The molecule has 0 atom stereocenters. The summed E-state index contributed by atoms with van der Waals surface area (Å²) >= 11 is 0. The van der Waals surface area contributed by atoms with E-state index in [-0.39, 0.29) is 0 Å². The largest absolute Gasteiger partial charge is 0.360 e. The van der Waals surface area contributed by atoms with Gasteiger partial charge < -0.3 is 4.90 Å². The summed E-state index contributed by atoms with van der Waals surface area (Å²) in [5.74, 6) is 1.01. The average Bonchev–Trinajstić information content (AvgIpc) is 2.14. The van der Waals surface area contributed by atoms with Gasteiger partial charge in [-0.3, -0.25) is 0 Å². The van der Waals surface area contributed by atoms with Crippen molar-refractivity contribution in [3.63, 3.8) is 0 Å². The van der Waals surface area contributed by atoms with Crippen molar-refractivity contribution in [1.29, 1.82) is 0 Å². The van der Waals surface area contributed by atoms with Crippen LogP contribution < -0.4 is 4.90 Å². The number of aryl methyl sites for hydroxylation is 1. The Labute approximate surface area is 79.8 Å². The summed E-state index contributed by atoms with van der Waals surface area (Å²) < 4.78 is 0. The first-order chi connectivity index (χ1) is 6.24. The van der Waals surface area contributed by atoms with Crippen LogP contribution in [0.2, 0.25) is 0 Å². The number of hydrogen-bond acceptors (Lipinski definition) is 3. The molecule has 72 valence electrons. The molecule has 3 heteroatoms. The zero-order valence-corrected chi connectivity index (χ0v) is 8.62. The monoisotopic (exact) mass is 179 g/mol. The lowest BCUT2D eigenvalue weighted by atomic mass is 10.3. The predicted octanol–water partition coefficient (Wildman–Crippen LogP) is 2.02. The van der Waals surface area contributed by atoms with Gasteiger partial charge in [0.25, 0.3) is 0 Å². The molecule has 3 nitrogen and oxygen atoms in total. The van der Waals surface area contributed by atoms with E-state index in [0.717, 1.165) is 18.1 Å². The summed E-state index contributed by atoms with van der Waals surface area (Å²) in [5, 5.41) is 0. The minimum Gasteiger partial charge on any atom is -0.360 e. The first kappa shape index (κ1) is 9.96. The van der Waals surface area contributed by atoms with E-state index < -0.39 is 0 Å². The molecule has 0 saturated carbocycles. The SMILES string of the molecule is CCCCN(C)c1cc(C)ncn1. The zero-order valence-electron chi connectivity index (χ0n) is 8.62. The Hall–Kier alpha value is -1.12. The van der Waals surface area contributed by atoms with Crippen molar-refractivity contribution < 1.29 is 0 Å². The maximum absolute atomic E-state index is 4.21. The highest BCUT2D eigenvalue weighted by Crippen LogP contribution is 2.08. The van der Waals surface area contributed by atoms with Crippen LogP contribution in [0.15, 0.2) is 12.4 Å². The third kappa shape index (κ3) is 3.01. The number of rotatable bonds is 4. The standard InChI is InChI=1S/C10H17N3/c1-4-5-6-13(3)10-7-9(2)11-8-12-10/h7-8H,4-6H2,1-3H3. The van der Waals surface area contributed by atoms with Gasteiger partial charge in [0.1, 0.15) is 12.1 Å². The van der Waals surface area contributed by atoms with Crippen molar-refractivity contribution in [2.24, 2.45) is 0 Å². The Morgan fingerprint density at radius 1 is 1.38 bits per heavy atom. The number of hydrogen-bond donors (Lipinski definition) is 0. The van der Waals surface area contributed by atoms with E-state index in [4.69, 9.17) is 0 Å². The molecule has 1 rings (SSSR count). The molecule has 0 aromatic carbocycles. The van der Waals surface area contributed by atoms with Crippen molar-refractivity contribution in [1.82, 2.24) is 9.97 Å². The smallest absolute Gasteiger partial charge is 0.131 e. The van der Waals surface area contributed by atoms with Crippen LogP contribution in [0.4, 0.5) is 5.82 Å². The predicted molar refractivity (Wildman–Crippen MR) is 54.9 cm³/mol. The van der Waals surface area contributed by atoms with Gasteiger partial charge in [0.05, 0.1) is 0 Å². The molecule has 13 heavy (non-hydrogen) atoms. The van der Waals surface area contributed by atoms with Crippen LogP contribution in [0.5, 0.6) is 0 Å². The number of aromatic nitrogens is 2. The normalized spacial score (nSPS) is 10.1. The van der Waals surface area contributed by atoms with Crippen molar-refractivity contribution in [2.75, 3.05) is 18.5 Å². The van der Waals surface area contributed by atoms with Crippen molar-refractivity contribution in [2.45, 2.75) is 26.7 Å². The number of unbranched alkanes of at least 4 members (excludes halogenated alkanes) is 1. The molecule has 0 aliphatic heterocycles. The van der Waals surface area contributed by atoms with Crippen LogP contribution in [-0.4, -0.2) is 23.6 Å². The topological polar surface area (TPSA) is 29.0 Å². The second kappa shape index (κ2) is 4.80. The van der Waals surface area contributed by atoms with Crippen LogP contribution >= 0.6 is 0 Å². The van der Waals surface area contributed by atoms with Crippen LogP contribution in [0.1, 0.15) is 25.5 Å². The highest BCUT2D eigenvalue weighted by Gasteiger charge is 2.00. The lowest BCUT2D eigenvalue weighted by Gasteiger charge is -2.17. The number of anilines is 1. The van der Waals surface area contributed by atoms with E-state index >= 15 is 0 Å². The maximum atomic E-state index is 4.21. The second-order valence-electron chi connectivity index (χ2n) is 3.29. The molecule has 0 aliphatic rings. The molecule has 0 N–H and O–H groups in total. The quantitative estimate of drug-likeness (QED) is 0.708. The molecule has 0 fully saturated rings. The van der Waals surface area contributed by atoms with Crippen molar-refractivity contribution >= 4 is 5.82 Å². The molecule has 1 aromatic rings.